The molecule has 3 aromatic rings. The third-order valence-electron chi connectivity index (χ3n) is 5.72. The molecule has 2 aliphatic rings. The minimum atomic E-state index is 0.235. The lowest BCUT2D eigenvalue weighted by atomic mass is 9.93. The van der Waals surface area contributed by atoms with E-state index >= 15 is 0 Å². The first-order valence-corrected chi connectivity index (χ1v) is 10.2. The van der Waals surface area contributed by atoms with Gasteiger partial charge in [-0.1, -0.05) is 60.7 Å². The second kappa shape index (κ2) is 7.65. The molecule has 5 heteroatoms. The van der Waals surface area contributed by atoms with Crippen LogP contribution in [-0.4, -0.2) is 34.0 Å². The van der Waals surface area contributed by atoms with Crippen LogP contribution < -0.4 is 5.32 Å². The zero-order chi connectivity index (χ0) is 19.6. The number of aromatic nitrogens is 2. The van der Waals surface area contributed by atoms with E-state index in [4.69, 9.17) is 0 Å². The molecule has 1 N–H and O–H groups in total. The largest absolute Gasteiger partial charge is 0.364 e. The van der Waals surface area contributed by atoms with Crippen molar-refractivity contribution >= 4 is 5.82 Å². The SMILES string of the molecule is N#Cc1cnc(C2CC2)nc1NC1CN(C(c2ccccc2)c2ccccc2)C1. The fraction of sp³-hybridized carbons (Fsp3) is 0.292. The number of nitriles is 1. The molecule has 29 heavy (non-hydrogen) atoms. The van der Waals surface area contributed by atoms with Crippen molar-refractivity contribution < 1.29 is 0 Å². The molecule has 2 heterocycles. The molecule has 5 nitrogen and oxygen atoms in total. The molecule has 1 aromatic heterocycles. The maximum atomic E-state index is 9.42. The van der Waals surface area contributed by atoms with Crippen LogP contribution in [0.4, 0.5) is 5.82 Å². The summed E-state index contributed by atoms with van der Waals surface area (Å²) in [6.07, 6.45) is 3.97. The van der Waals surface area contributed by atoms with E-state index in [-0.39, 0.29) is 12.1 Å². The molecule has 1 saturated heterocycles. The van der Waals surface area contributed by atoms with Crippen molar-refractivity contribution in [3.8, 4) is 6.07 Å². The smallest absolute Gasteiger partial charge is 0.148 e. The van der Waals surface area contributed by atoms with Gasteiger partial charge in [-0.3, -0.25) is 4.90 Å². The summed E-state index contributed by atoms with van der Waals surface area (Å²) in [7, 11) is 0. The van der Waals surface area contributed by atoms with Gasteiger partial charge >= 0.3 is 0 Å². The van der Waals surface area contributed by atoms with E-state index in [1.165, 1.54) is 11.1 Å². The number of nitrogens with zero attached hydrogens (tertiary/aromatic N) is 4. The average Bonchev–Trinajstić information content (AvgIpc) is 3.59. The van der Waals surface area contributed by atoms with Crippen molar-refractivity contribution in [2.24, 2.45) is 0 Å². The Hall–Kier alpha value is -3.23. The van der Waals surface area contributed by atoms with E-state index in [1.807, 2.05) is 0 Å². The second-order valence-electron chi connectivity index (χ2n) is 7.90. The van der Waals surface area contributed by atoms with Crippen LogP contribution in [0.3, 0.4) is 0 Å². The summed E-state index contributed by atoms with van der Waals surface area (Å²) in [6, 6.07) is 24.0. The van der Waals surface area contributed by atoms with Crippen molar-refractivity contribution in [3.05, 3.63) is 89.4 Å². The summed E-state index contributed by atoms with van der Waals surface area (Å²) >= 11 is 0. The van der Waals surface area contributed by atoms with Crippen molar-refractivity contribution in [2.45, 2.75) is 30.8 Å². The highest BCUT2D eigenvalue weighted by molar-refractivity contribution is 5.52. The number of benzene rings is 2. The Morgan fingerprint density at radius 3 is 2.14 bits per heavy atom. The van der Waals surface area contributed by atoms with Gasteiger partial charge in [0.05, 0.1) is 18.3 Å². The molecule has 0 spiro atoms. The average molecular weight is 381 g/mol. The van der Waals surface area contributed by atoms with E-state index in [0.29, 0.717) is 17.3 Å². The molecule has 1 aliphatic carbocycles. The van der Waals surface area contributed by atoms with Crippen LogP contribution >= 0.6 is 0 Å². The summed E-state index contributed by atoms with van der Waals surface area (Å²) in [6.45, 7) is 1.81. The lowest BCUT2D eigenvalue weighted by Crippen LogP contribution is -2.56. The molecule has 0 unspecified atom stereocenters. The maximum Gasteiger partial charge on any atom is 0.148 e. The fourth-order valence-corrected chi connectivity index (χ4v) is 4.02. The molecule has 0 atom stereocenters. The Labute approximate surface area is 171 Å². The van der Waals surface area contributed by atoms with E-state index in [0.717, 1.165) is 31.8 Å². The molecule has 2 aromatic carbocycles. The molecular weight excluding hydrogens is 358 g/mol. The Balaban J connectivity index is 1.33. The molecular formula is C24H23N5. The van der Waals surface area contributed by atoms with Crippen LogP contribution in [-0.2, 0) is 0 Å². The monoisotopic (exact) mass is 381 g/mol. The number of hydrogen-bond acceptors (Lipinski definition) is 5. The zero-order valence-corrected chi connectivity index (χ0v) is 16.2. The highest BCUT2D eigenvalue weighted by Gasteiger charge is 2.35. The van der Waals surface area contributed by atoms with Gasteiger partial charge in [-0.05, 0) is 24.0 Å². The molecule has 0 bridgehead atoms. The van der Waals surface area contributed by atoms with Gasteiger partial charge in [0.1, 0.15) is 23.3 Å². The van der Waals surface area contributed by atoms with E-state index < -0.39 is 0 Å². The number of hydrogen-bond donors (Lipinski definition) is 1. The first kappa shape index (κ1) is 17.8. The van der Waals surface area contributed by atoms with Gasteiger partial charge in [0.2, 0.25) is 0 Å². The minimum Gasteiger partial charge on any atom is -0.364 e. The minimum absolute atomic E-state index is 0.235. The Morgan fingerprint density at radius 1 is 0.966 bits per heavy atom. The normalized spacial score (nSPS) is 17.0. The highest BCUT2D eigenvalue weighted by atomic mass is 15.3. The number of nitrogens with one attached hydrogen (secondary N) is 1. The van der Waals surface area contributed by atoms with Gasteiger partial charge in [0.15, 0.2) is 0 Å². The first-order valence-electron chi connectivity index (χ1n) is 10.2. The quantitative estimate of drug-likeness (QED) is 0.696. The molecule has 1 saturated carbocycles. The van der Waals surface area contributed by atoms with Gasteiger partial charge in [-0.15, -0.1) is 0 Å². The summed E-state index contributed by atoms with van der Waals surface area (Å²) in [4.78, 5) is 11.5. The maximum absolute atomic E-state index is 9.42. The van der Waals surface area contributed by atoms with Crippen LogP contribution in [0.5, 0.6) is 0 Å². The van der Waals surface area contributed by atoms with E-state index in [1.54, 1.807) is 6.20 Å². The topological polar surface area (TPSA) is 64.8 Å². The van der Waals surface area contributed by atoms with Crippen LogP contribution in [0.15, 0.2) is 66.9 Å². The van der Waals surface area contributed by atoms with Crippen LogP contribution in [0.1, 0.15) is 47.3 Å². The molecule has 144 valence electrons. The Morgan fingerprint density at radius 2 is 1.59 bits per heavy atom. The summed E-state index contributed by atoms with van der Waals surface area (Å²) in [5, 5.41) is 12.9. The van der Waals surface area contributed by atoms with Crippen molar-refractivity contribution in [3.63, 3.8) is 0 Å². The van der Waals surface area contributed by atoms with Crippen LogP contribution in [0, 0.1) is 11.3 Å². The standard InChI is InChI=1S/C24H23N5/c25-13-20-14-26-23(19-11-12-19)28-24(20)27-21-15-29(16-21)22(17-7-3-1-4-8-17)18-9-5-2-6-10-18/h1-10,14,19,21-22H,11-12,15-16H2,(H,26,27,28). The Kier molecular flexibility index (Phi) is 4.71. The van der Waals surface area contributed by atoms with Crippen molar-refractivity contribution in [1.82, 2.24) is 14.9 Å². The van der Waals surface area contributed by atoms with Crippen molar-refractivity contribution in [2.75, 3.05) is 18.4 Å². The van der Waals surface area contributed by atoms with Crippen LogP contribution in [0.2, 0.25) is 0 Å². The fourth-order valence-electron chi connectivity index (χ4n) is 4.02. The summed E-state index contributed by atoms with van der Waals surface area (Å²) in [5.41, 5.74) is 3.12. The molecule has 2 fully saturated rings. The van der Waals surface area contributed by atoms with Gasteiger partial charge in [0.25, 0.3) is 0 Å². The van der Waals surface area contributed by atoms with Crippen LogP contribution in [0.25, 0.3) is 0 Å². The third-order valence-corrected chi connectivity index (χ3v) is 5.72. The number of rotatable bonds is 6. The third kappa shape index (κ3) is 3.72. The number of likely N-dealkylation sites (tertiary alicyclic amines) is 1. The number of anilines is 1. The molecule has 1 aliphatic heterocycles. The molecule has 5 rings (SSSR count). The van der Waals surface area contributed by atoms with Gasteiger partial charge in [0, 0.05) is 19.0 Å². The molecule has 0 amide bonds. The van der Waals surface area contributed by atoms with Gasteiger partial charge in [-0.25, -0.2) is 9.97 Å². The van der Waals surface area contributed by atoms with Gasteiger partial charge in [-0.2, -0.15) is 5.26 Å². The second-order valence-corrected chi connectivity index (χ2v) is 7.90. The lowest BCUT2D eigenvalue weighted by molar-refractivity contribution is 0.123. The summed E-state index contributed by atoms with van der Waals surface area (Å²) < 4.78 is 0. The predicted molar refractivity (Wildman–Crippen MR) is 112 cm³/mol. The van der Waals surface area contributed by atoms with Gasteiger partial charge < -0.3 is 5.32 Å². The van der Waals surface area contributed by atoms with E-state index in [2.05, 4.69) is 86.9 Å². The first-order chi connectivity index (χ1) is 14.3. The highest BCUT2D eigenvalue weighted by Crippen LogP contribution is 2.39. The lowest BCUT2D eigenvalue weighted by Gasteiger charge is -2.45. The molecule has 0 radical (unpaired) electrons. The predicted octanol–water partition coefficient (Wildman–Crippen LogP) is 4.11. The van der Waals surface area contributed by atoms with Crippen molar-refractivity contribution in [1.29, 1.82) is 5.26 Å². The summed E-state index contributed by atoms with van der Waals surface area (Å²) in [5.74, 6) is 2.03. The zero-order valence-electron chi connectivity index (χ0n) is 16.2. The van der Waals surface area contributed by atoms with E-state index in [9.17, 15) is 5.26 Å². The Bertz CT molecular complexity index is 979.